The first-order valence-corrected chi connectivity index (χ1v) is 12.1. The zero-order valence-electron chi connectivity index (χ0n) is 20.1. The van der Waals surface area contributed by atoms with Gasteiger partial charge in [0.1, 0.15) is 0 Å². The van der Waals surface area contributed by atoms with Crippen LogP contribution < -0.4 is 16.0 Å². The first-order chi connectivity index (χ1) is 16.2. The van der Waals surface area contributed by atoms with Gasteiger partial charge in [-0.2, -0.15) is 0 Å². The van der Waals surface area contributed by atoms with E-state index in [9.17, 15) is 9.59 Å². The molecule has 2 saturated carbocycles. The molecule has 2 aromatic rings. The van der Waals surface area contributed by atoms with Crippen molar-refractivity contribution in [2.24, 2.45) is 5.92 Å². The van der Waals surface area contributed by atoms with Crippen LogP contribution in [0.5, 0.6) is 0 Å². The van der Waals surface area contributed by atoms with E-state index in [1.165, 1.54) is 0 Å². The van der Waals surface area contributed by atoms with E-state index in [4.69, 9.17) is 4.74 Å². The normalized spacial score (nSPS) is 24.0. The van der Waals surface area contributed by atoms with Gasteiger partial charge in [0.25, 0.3) is 0 Å². The van der Waals surface area contributed by atoms with Crippen LogP contribution in [0.25, 0.3) is 0 Å². The summed E-state index contributed by atoms with van der Waals surface area (Å²) < 4.78 is 5.39. The molecule has 0 bridgehead atoms. The lowest BCUT2D eigenvalue weighted by atomic mass is 9.72. The minimum atomic E-state index is -0.300. The molecule has 2 aliphatic carbocycles. The number of nitrogens with zero attached hydrogens (tertiary/aromatic N) is 2. The molecular formula is C26H33N5O3. The third-order valence-electron chi connectivity index (χ3n) is 7.41. The van der Waals surface area contributed by atoms with E-state index in [2.05, 4.69) is 51.9 Å². The van der Waals surface area contributed by atoms with Gasteiger partial charge in [-0.25, -0.2) is 14.8 Å². The van der Waals surface area contributed by atoms with Gasteiger partial charge in [0.15, 0.2) is 0 Å². The van der Waals surface area contributed by atoms with Gasteiger partial charge in [0, 0.05) is 36.6 Å². The summed E-state index contributed by atoms with van der Waals surface area (Å²) in [5, 5.41) is 9.19. The molecule has 1 aliphatic heterocycles. The molecule has 2 heterocycles. The highest BCUT2D eigenvalue weighted by molar-refractivity contribution is 5.79. The molecule has 0 atom stereocenters. The lowest BCUT2D eigenvalue weighted by Crippen LogP contribution is -2.36. The number of benzene rings is 1. The van der Waals surface area contributed by atoms with E-state index >= 15 is 0 Å². The monoisotopic (exact) mass is 463 g/mol. The average Bonchev–Trinajstić information content (AvgIpc) is 3.50. The Morgan fingerprint density at radius 2 is 1.91 bits per heavy atom. The molecule has 1 aromatic heterocycles. The predicted molar refractivity (Wildman–Crippen MR) is 129 cm³/mol. The van der Waals surface area contributed by atoms with Gasteiger partial charge < -0.3 is 20.7 Å². The van der Waals surface area contributed by atoms with Crippen molar-refractivity contribution in [3.63, 3.8) is 0 Å². The molecule has 2 amide bonds. The number of amides is 2. The molecule has 3 aliphatic rings. The SMILES string of the molecule is CC1(NC(=O)OCC2CC(c3cnc(Nc4ccc5c(c4)C(C)(C)CC(=O)NC5)nc3)C2)CC1. The summed E-state index contributed by atoms with van der Waals surface area (Å²) in [6, 6.07) is 6.16. The molecule has 2 fully saturated rings. The smallest absolute Gasteiger partial charge is 0.407 e. The number of carbonyl (C=O) groups is 2. The van der Waals surface area contributed by atoms with Crippen molar-refractivity contribution in [3.05, 3.63) is 47.3 Å². The Morgan fingerprint density at radius 1 is 1.18 bits per heavy atom. The van der Waals surface area contributed by atoms with Crippen LogP contribution in [0, 0.1) is 5.92 Å². The maximum Gasteiger partial charge on any atom is 0.407 e. The van der Waals surface area contributed by atoms with Crippen molar-refractivity contribution in [2.45, 2.75) is 76.3 Å². The average molecular weight is 464 g/mol. The summed E-state index contributed by atoms with van der Waals surface area (Å²) in [5.41, 5.74) is 4.05. The highest BCUT2D eigenvalue weighted by atomic mass is 16.5. The van der Waals surface area contributed by atoms with Gasteiger partial charge in [0.2, 0.25) is 11.9 Å². The second kappa shape index (κ2) is 8.56. The summed E-state index contributed by atoms with van der Waals surface area (Å²) in [7, 11) is 0. The van der Waals surface area contributed by atoms with E-state index in [-0.39, 0.29) is 23.0 Å². The van der Waals surface area contributed by atoms with E-state index in [0.717, 1.165) is 48.1 Å². The molecule has 0 saturated heterocycles. The Morgan fingerprint density at radius 3 is 2.62 bits per heavy atom. The van der Waals surface area contributed by atoms with Crippen LogP contribution in [0.1, 0.15) is 75.5 Å². The van der Waals surface area contributed by atoms with Gasteiger partial charge in [0.05, 0.1) is 6.61 Å². The number of hydrogen-bond acceptors (Lipinski definition) is 6. The number of hydrogen-bond donors (Lipinski definition) is 3. The molecule has 0 spiro atoms. The lowest BCUT2D eigenvalue weighted by molar-refractivity contribution is -0.122. The highest BCUT2D eigenvalue weighted by Gasteiger charge is 2.39. The van der Waals surface area contributed by atoms with Crippen LogP contribution in [-0.2, 0) is 21.5 Å². The van der Waals surface area contributed by atoms with Crippen molar-refractivity contribution in [2.75, 3.05) is 11.9 Å². The van der Waals surface area contributed by atoms with E-state index in [1.54, 1.807) is 0 Å². The third-order valence-corrected chi connectivity index (χ3v) is 7.41. The Hall–Kier alpha value is -3.16. The fourth-order valence-corrected chi connectivity index (χ4v) is 4.87. The summed E-state index contributed by atoms with van der Waals surface area (Å²) >= 11 is 0. The minimum Gasteiger partial charge on any atom is -0.449 e. The van der Waals surface area contributed by atoms with Gasteiger partial charge in [-0.05, 0) is 78.7 Å². The zero-order chi connectivity index (χ0) is 23.9. The molecule has 8 nitrogen and oxygen atoms in total. The third kappa shape index (κ3) is 5.00. The van der Waals surface area contributed by atoms with Gasteiger partial charge >= 0.3 is 6.09 Å². The topological polar surface area (TPSA) is 105 Å². The molecule has 0 radical (unpaired) electrons. The first kappa shape index (κ1) is 22.6. The van der Waals surface area contributed by atoms with Crippen LogP contribution in [0.15, 0.2) is 30.6 Å². The Kier molecular flexibility index (Phi) is 5.70. The number of fused-ring (bicyclic) bond motifs is 1. The summed E-state index contributed by atoms with van der Waals surface area (Å²) in [4.78, 5) is 32.9. The first-order valence-electron chi connectivity index (χ1n) is 12.1. The molecule has 34 heavy (non-hydrogen) atoms. The number of carbonyl (C=O) groups excluding carboxylic acids is 2. The highest BCUT2D eigenvalue weighted by Crippen LogP contribution is 2.41. The fraction of sp³-hybridized carbons (Fsp3) is 0.538. The van der Waals surface area contributed by atoms with Crippen molar-refractivity contribution in [3.8, 4) is 0 Å². The van der Waals surface area contributed by atoms with Crippen molar-refractivity contribution in [1.29, 1.82) is 0 Å². The largest absolute Gasteiger partial charge is 0.449 e. The quantitative estimate of drug-likeness (QED) is 0.590. The number of alkyl carbamates (subject to hydrolysis) is 1. The number of aromatic nitrogens is 2. The standard InChI is InChI=1S/C26H33N5O3/c1-25(2)11-22(32)27-12-17-4-5-20(10-21(17)25)30-23-28-13-19(14-29-23)18-8-16(9-18)15-34-24(33)31-26(3)6-7-26/h4-5,10,13-14,16,18H,6-9,11-12,15H2,1-3H3,(H,27,32)(H,31,33)(H,28,29,30). The maximum absolute atomic E-state index is 12.0. The van der Waals surface area contributed by atoms with Crippen LogP contribution in [0.4, 0.5) is 16.4 Å². The van der Waals surface area contributed by atoms with Gasteiger partial charge in [-0.15, -0.1) is 0 Å². The van der Waals surface area contributed by atoms with E-state index in [1.807, 2.05) is 25.4 Å². The van der Waals surface area contributed by atoms with Gasteiger partial charge in [-0.1, -0.05) is 19.9 Å². The number of rotatable bonds is 6. The molecular weight excluding hydrogens is 430 g/mol. The summed E-state index contributed by atoms with van der Waals surface area (Å²) in [5.74, 6) is 1.43. The number of ether oxygens (including phenoxy) is 1. The van der Waals surface area contributed by atoms with Crippen molar-refractivity contribution < 1.29 is 14.3 Å². The number of anilines is 2. The number of nitrogens with one attached hydrogen (secondary N) is 3. The van der Waals surface area contributed by atoms with Crippen molar-refractivity contribution in [1.82, 2.24) is 20.6 Å². The van der Waals surface area contributed by atoms with Gasteiger partial charge in [-0.3, -0.25) is 4.79 Å². The Bertz CT molecular complexity index is 1090. The predicted octanol–water partition coefficient (Wildman–Crippen LogP) is 4.29. The van der Waals surface area contributed by atoms with Crippen LogP contribution >= 0.6 is 0 Å². The molecule has 3 N–H and O–H groups in total. The Balaban J connectivity index is 1.14. The molecule has 8 heteroatoms. The molecule has 5 rings (SSSR count). The van der Waals surface area contributed by atoms with Crippen LogP contribution in [0.2, 0.25) is 0 Å². The second-order valence-corrected chi connectivity index (χ2v) is 11.0. The van der Waals surface area contributed by atoms with E-state index in [0.29, 0.717) is 37.4 Å². The summed E-state index contributed by atoms with van der Waals surface area (Å²) in [6.07, 6.45) is 7.95. The molecule has 1 aromatic carbocycles. The maximum atomic E-state index is 12.0. The fourth-order valence-electron chi connectivity index (χ4n) is 4.87. The molecule has 180 valence electrons. The van der Waals surface area contributed by atoms with Crippen LogP contribution in [-0.4, -0.2) is 34.1 Å². The zero-order valence-corrected chi connectivity index (χ0v) is 20.1. The summed E-state index contributed by atoms with van der Waals surface area (Å²) in [6.45, 7) is 7.26. The van der Waals surface area contributed by atoms with Crippen LogP contribution in [0.3, 0.4) is 0 Å². The van der Waals surface area contributed by atoms with Crippen molar-refractivity contribution >= 4 is 23.6 Å². The van der Waals surface area contributed by atoms with E-state index < -0.39 is 0 Å². The second-order valence-electron chi connectivity index (χ2n) is 11.0. The minimum absolute atomic E-state index is 0.0444. The Labute approximate surface area is 200 Å². The molecule has 0 unspecified atom stereocenters. The lowest BCUT2D eigenvalue weighted by Gasteiger charge is -2.34.